The summed E-state index contributed by atoms with van der Waals surface area (Å²) in [4.78, 5) is 15.1. The standard InChI is InChI=1S/C11H13N3O2.ClH/c1-11(2,3)8-6-14-9(12-8)5-4-7(13-14)10(15)16;/h4-6H,1-3H3,(H,15,16);1H. The highest BCUT2D eigenvalue weighted by Gasteiger charge is 2.18. The maximum Gasteiger partial charge on any atom is 0.356 e. The van der Waals surface area contributed by atoms with Crippen LogP contribution in [0.15, 0.2) is 18.3 Å². The maximum atomic E-state index is 10.8. The summed E-state index contributed by atoms with van der Waals surface area (Å²) >= 11 is 0. The minimum atomic E-state index is -1.03. The van der Waals surface area contributed by atoms with Gasteiger partial charge in [-0.3, -0.25) is 0 Å². The van der Waals surface area contributed by atoms with E-state index in [2.05, 4.69) is 10.1 Å². The third-order valence-electron chi connectivity index (χ3n) is 2.31. The topological polar surface area (TPSA) is 67.5 Å². The Morgan fingerprint density at radius 1 is 1.35 bits per heavy atom. The predicted molar refractivity (Wildman–Crippen MR) is 65.9 cm³/mol. The first-order valence-electron chi connectivity index (χ1n) is 4.98. The van der Waals surface area contributed by atoms with Crippen molar-refractivity contribution in [3.63, 3.8) is 0 Å². The van der Waals surface area contributed by atoms with Gasteiger partial charge in [-0.25, -0.2) is 14.3 Å². The number of halogens is 1. The van der Waals surface area contributed by atoms with Crippen LogP contribution < -0.4 is 0 Å². The van der Waals surface area contributed by atoms with Gasteiger partial charge in [-0.1, -0.05) is 20.8 Å². The molecule has 6 heteroatoms. The molecule has 0 unspecified atom stereocenters. The molecule has 0 atom stereocenters. The molecule has 17 heavy (non-hydrogen) atoms. The molecule has 0 aliphatic carbocycles. The molecule has 0 radical (unpaired) electrons. The monoisotopic (exact) mass is 255 g/mol. The summed E-state index contributed by atoms with van der Waals surface area (Å²) in [6.45, 7) is 6.15. The lowest BCUT2D eigenvalue weighted by molar-refractivity contribution is 0.0689. The summed E-state index contributed by atoms with van der Waals surface area (Å²) < 4.78 is 1.50. The van der Waals surface area contributed by atoms with E-state index in [1.54, 1.807) is 12.3 Å². The number of nitrogens with zero attached hydrogens (tertiary/aromatic N) is 3. The SMILES string of the molecule is CC(C)(C)c1cn2nc(C(=O)O)ccc2n1.Cl. The first-order valence-corrected chi connectivity index (χ1v) is 4.98. The summed E-state index contributed by atoms with van der Waals surface area (Å²) in [5.41, 5.74) is 1.50. The van der Waals surface area contributed by atoms with Crippen LogP contribution in [0, 0.1) is 0 Å². The molecule has 2 rings (SSSR count). The van der Waals surface area contributed by atoms with Gasteiger partial charge in [-0.2, -0.15) is 5.10 Å². The van der Waals surface area contributed by atoms with Crippen molar-refractivity contribution in [2.45, 2.75) is 26.2 Å². The Hall–Kier alpha value is -1.62. The second-order valence-electron chi connectivity index (χ2n) is 4.70. The molecule has 0 amide bonds. The van der Waals surface area contributed by atoms with Gasteiger partial charge in [-0.15, -0.1) is 12.4 Å². The molecule has 2 aromatic heterocycles. The Morgan fingerprint density at radius 2 is 2.00 bits per heavy atom. The average molecular weight is 256 g/mol. The number of aromatic nitrogens is 3. The van der Waals surface area contributed by atoms with E-state index in [1.807, 2.05) is 20.8 Å². The van der Waals surface area contributed by atoms with Crippen LogP contribution in [-0.2, 0) is 5.41 Å². The van der Waals surface area contributed by atoms with E-state index in [4.69, 9.17) is 5.11 Å². The van der Waals surface area contributed by atoms with Crippen LogP contribution >= 0.6 is 12.4 Å². The number of imidazole rings is 1. The summed E-state index contributed by atoms with van der Waals surface area (Å²) in [5, 5.41) is 12.8. The van der Waals surface area contributed by atoms with E-state index < -0.39 is 5.97 Å². The maximum absolute atomic E-state index is 10.8. The number of carboxylic acids is 1. The lowest BCUT2D eigenvalue weighted by atomic mass is 9.93. The normalized spacial score (nSPS) is 11.2. The highest BCUT2D eigenvalue weighted by atomic mass is 35.5. The fraction of sp³-hybridized carbons (Fsp3) is 0.364. The Morgan fingerprint density at radius 3 is 2.53 bits per heavy atom. The summed E-state index contributed by atoms with van der Waals surface area (Å²) in [7, 11) is 0. The number of hydrogen-bond acceptors (Lipinski definition) is 3. The van der Waals surface area contributed by atoms with Crippen LogP contribution in [0.1, 0.15) is 37.0 Å². The van der Waals surface area contributed by atoms with Crippen molar-refractivity contribution in [2.24, 2.45) is 0 Å². The highest BCUT2D eigenvalue weighted by molar-refractivity contribution is 5.85. The molecule has 0 aromatic carbocycles. The lowest BCUT2D eigenvalue weighted by Gasteiger charge is -2.13. The van der Waals surface area contributed by atoms with Crippen LogP contribution in [0.5, 0.6) is 0 Å². The molecule has 0 aliphatic rings. The molecule has 0 spiro atoms. The van der Waals surface area contributed by atoms with Gasteiger partial charge in [-0.05, 0) is 12.1 Å². The number of carboxylic acid groups (broad SMARTS) is 1. The van der Waals surface area contributed by atoms with Gasteiger partial charge in [0.2, 0.25) is 0 Å². The molecule has 0 aliphatic heterocycles. The first kappa shape index (κ1) is 13.4. The van der Waals surface area contributed by atoms with E-state index in [9.17, 15) is 4.79 Å². The molecule has 1 N–H and O–H groups in total. The van der Waals surface area contributed by atoms with Crippen molar-refractivity contribution >= 4 is 24.0 Å². The largest absolute Gasteiger partial charge is 0.476 e. The van der Waals surface area contributed by atoms with Crippen molar-refractivity contribution in [3.8, 4) is 0 Å². The summed E-state index contributed by atoms with van der Waals surface area (Å²) in [5.74, 6) is -1.03. The molecule has 92 valence electrons. The van der Waals surface area contributed by atoms with Crippen molar-refractivity contribution in [2.75, 3.05) is 0 Å². The molecule has 2 aromatic rings. The van der Waals surface area contributed by atoms with Crippen LogP contribution in [0.4, 0.5) is 0 Å². The minimum Gasteiger partial charge on any atom is -0.476 e. The van der Waals surface area contributed by atoms with Crippen molar-refractivity contribution in [1.29, 1.82) is 0 Å². The quantitative estimate of drug-likeness (QED) is 0.848. The Labute approximate surface area is 105 Å². The molecule has 2 heterocycles. The molecular weight excluding hydrogens is 242 g/mol. The Bertz CT molecular complexity index is 557. The first-order chi connectivity index (χ1) is 7.38. The molecule has 0 fully saturated rings. The van der Waals surface area contributed by atoms with Crippen LogP contribution in [0.25, 0.3) is 5.65 Å². The van der Waals surface area contributed by atoms with E-state index in [1.165, 1.54) is 10.6 Å². The molecule has 0 bridgehead atoms. The van der Waals surface area contributed by atoms with Crippen molar-refractivity contribution in [1.82, 2.24) is 14.6 Å². The second kappa shape index (κ2) is 4.33. The van der Waals surface area contributed by atoms with Crippen LogP contribution in [-0.4, -0.2) is 25.7 Å². The van der Waals surface area contributed by atoms with Gasteiger partial charge in [0.25, 0.3) is 0 Å². The summed E-state index contributed by atoms with van der Waals surface area (Å²) in [6, 6.07) is 3.11. The fourth-order valence-corrected chi connectivity index (χ4v) is 1.36. The zero-order valence-corrected chi connectivity index (χ0v) is 10.7. The molecule has 0 saturated carbocycles. The van der Waals surface area contributed by atoms with E-state index in [0.29, 0.717) is 5.65 Å². The fourth-order valence-electron chi connectivity index (χ4n) is 1.36. The van der Waals surface area contributed by atoms with Gasteiger partial charge in [0.05, 0.1) is 11.9 Å². The second-order valence-corrected chi connectivity index (χ2v) is 4.70. The number of rotatable bonds is 1. The Kier molecular flexibility index (Phi) is 3.43. The number of hydrogen-bond donors (Lipinski definition) is 1. The lowest BCUT2D eigenvalue weighted by Crippen LogP contribution is -2.11. The van der Waals surface area contributed by atoms with Gasteiger partial charge >= 0.3 is 5.97 Å². The third kappa shape index (κ3) is 2.55. The van der Waals surface area contributed by atoms with Crippen molar-refractivity contribution in [3.05, 3.63) is 29.7 Å². The van der Waals surface area contributed by atoms with Gasteiger partial charge in [0, 0.05) is 5.41 Å². The van der Waals surface area contributed by atoms with Gasteiger partial charge in [0.15, 0.2) is 11.3 Å². The van der Waals surface area contributed by atoms with Crippen LogP contribution in [0.2, 0.25) is 0 Å². The zero-order chi connectivity index (χ0) is 11.9. The number of aromatic carboxylic acids is 1. The Balaban J connectivity index is 0.00000144. The molecule has 0 saturated heterocycles. The van der Waals surface area contributed by atoms with E-state index in [-0.39, 0.29) is 23.5 Å². The highest BCUT2D eigenvalue weighted by Crippen LogP contribution is 2.21. The molecular formula is C11H14ClN3O2. The average Bonchev–Trinajstić information content (AvgIpc) is 2.58. The smallest absolute Gasteiger partial charge is 0.356 e. The predicted octanol–water partition coefficient (Wildman–Crippen LogP) is 2.15. The number of carbonyl (C=O) groups is 1. The van der Waals surface area contributed by atoms with Gasteiger partial charge in [0.1, 0.15) is 0 Å². The number of fused-ring (bicyclic) bond motifs is 1. The summed E-state index contributed by atoms with van der Waals surface area (Å²) in [6.07, 6.45) is 1.77. The third-order valence-corrected chi connectivity index (χ3v) is 2.31. The minimum absolute atomic E-state index is 0. The zero-order valence-electron chi connectivity index (χ0n) is 9.84. The van der Waals surface area contributed by atoms with Crippen LogP contribution in [0.3, 0.4) is 0 Å². The van der Waals surface area contributed by atoms with E-state index in [0.717, 1.165) is 5.69 Å². The van der Waals surface area contributed by atoms with E-state index >= 15 is 0 Å². The molecule has 5 nitrogen and oxygen atoms in total. The van der Waals surface area contributed by atoms with Crippen molar-refractivity contribution < 1.29 is 9.90 Å². The van der Waals surface area contributed by atoms with Gasteiger partial charge < -0.3 is 5.11 Å².